The maximum absolute atomic E-state index is 13.1. The lowest BCUT2D eigenvalue weighted by molar-refractivity contribution is 0.247. The predicted octanol–water partition coefficient (Wildman–Crippen LogP) is 2.90. The van der Waals surface area contributed by atoms with Crippen LogP contribution in [0.1, 0.15) is 6.42 Å². The lowest BCUT2D eigenvalue weighted by atomic mass is 9.99. The van der Waals surface area contributed by atoms with E-state index in [4.69, 9.17) is 0 Å². The van der Waals surface area contributed by atoms with Crippen LogP contribution in [0.2, 0.25) is 0 Å². The van der Waals surface area contributed by atoms with Gasteiger partial charge in [0.2, 0.25) is 0 Å². The van der Waals surface area contributed by atoms with Crippen LogP contribution in [-0.4, -0.2) is 11.0 Å². The van der Waals surface area contributed by atoms with Gasteiger partial charge in [-0.2, -0.15) is 0 Å². The SMILES string of the molecule is FC1=CC=CC(F)(CBr)C1. The Labute approximate surface area is 66.7 Å². The minimum Gasteiger partial charge on any atom is -0.238 e. The third kappa shape index (κ3) is 1.66. The summed E-state index contributed by atoms with van der Waals surface area (Å²) in [6.45, 7) is 0. The van der Waals surface area contributed by atoms with Gasteiger partial charge in [0.05, 0.1) is 0 Å². The topological polar surface area (TPSA) is 0 Å². The molecular formula is C7H7BrF2. The van der Waals surface area contributed by atoms with Gasteiger partial charge < -0.3 is 0 Å². The van der Waals surface area contributed by atoms with Crippen molar-refractivity contribution in [1.82, 2.24) is 0 Å². The Morgan fingerprint density at radius 3 is 2.80 bits per heavy atom. The molecule has 0 aliphatic heterocycles. The molecule has 0 radical (unpaired) electrons. The lowest BCUT2D eigenvalue weighted by Crippen LogP contribution is -2.23. The molecule has 0 aromatic rings. The fourth-order valence-corrected chi connectivity index (χ4v) is 1.20. The number of halogens is 3. The highest BCUT2D eigenvalue weighted by molar-refractivity contribution is 9.09. The summed E-state index contributed by atoms with van der Waals surface area (Å²) >= 11 is 2.97. The van der Waals surface area contributed by atoms with E-state index < -0.39 is 11.5 Å². The molecule has 1 aliphatic rings. The molecule has 0 saturated heterocycles. The maximum Gasteiger partial charge on any atom is 0.145 e. The summed E-state index contributed by atoms with van der Waals surface area (Å²) in [5.74, 6) is -0.399. The quantitative estimate of drug-likeness (QED) is 0.582. The standard InChI is InChI=1S/C7H7BrF2/c8-5-7(10)3-1-2-6(9)4-7/h1-3H,4-5H2. The first kappa shape index (κ1) is 7.92. The Bertz CT molecular complexity index is 186. The number of hydrogen-bond donors (Lipinski definition) is 0. The first-order valence-electron chi connectivity index (χ1n) is 2.95. The van der Waals surface area contributed by atoms with Crippen molar-refractivity contribution in [3.05, 3.63) is 24.1 Å². The summed E-state index contributed by atoms with van der Waals surface area (Å²) in [5.41, 5.74) is -1.52. The largest absolute Gasteiger partial charge is 0.238 e. The molecule has 0 spiro atoms. The van der Waals surface area contributed by atoms with E-state index >= 15 is 0 Å². The van der Waals surface area contributed by atoms with Crippen LogP contribution in [0, 0.1) is 0 Å². The molecule has 1 aliphatic carbocycles. The van der Waals surface area contributed by atoms with Crippen molar-refractivity contribution in [3.8, 4) is 0 Å². The summed E-state index contributed by atoms with van der Waals surface area (Å²) in [6, 6.07) is 0. The van der Waals surface area contributed by atoms with Crippen molar-refractivity contribution >= 4 is 15.9 Å². The molecule has 0 saturated carbocycles. The zero-order valence-electron chi connectivity index (χ0n) is 5.28. The van der Waals surface area contributed by atoms with E-state index in [1.54, 1.807) is 0 Å². The molecule has 0 amide bonds. The molecule has 1 unspecified atom stereocenters. The molecular weight excluding hydrogens is 202 g/mol. The fourth-order valence-electron chi connectivity index (χ4n) is 0.815. The molecule has 1 rings (SSSR count). The molecule has 0 N–H and O–H groups in total. The molecule has 1 atom stereocenters. The van der Waals surface area contributed by atoms with E-state index in [0.717, 1.165) is 0 Å². The summed E-state index contributed by atoms with van der Waals surface area (Å²) in [6.07, 6.45) is 3.90. The van der Waals surface area contributed by atoms with Crippen molar-refractivity contribution in [2.45, 2.75) is 12.1 Å². The predicted molar refractivity (Wildman–Crippen MR) is 40.6 cm³/mol. The van der Waals surface area contributed by atoms with Crippen molar-refractivity contribution < 1.29 is 8.78 Å². The molecule has 3 heteroatoms. The van der Waals surface area contributed by atoms with Crippen molar-refractivity contribution in [1.29, 1.82) is 0 Å². The molecule has 0 aromatic carbocycles. The van der Waals surface area contributed by atoms with Gasteiger partial charge >= 0.3 is 0 Å². The third-order valence-electron chi connectivity index (χ3n) is 1.36. The van der Waals surface area contributed by atoms with Gasteiger partial charge in [-0.15, -0.1) is 0 Å². The van der Waals surface area contributed by atoms with Gasteiger partial charge in [0.1, 0.15) is 11.5 Å². The molecule has 0 nitrogen and oxygen atoms in total. The average Bonchev–Trinajstić information content (AvgIpc) is 1.88. The summed E-state index contributed by atoms with van der Waals surface area (Å²) < 4.78 is 25.6. The number of alkyl halides is 2. The van der Waals surface area contributed by atoms with Crippen LogP contribution in [0.5, 0.6) is 0 Å². The minimum atomic E-state index is -1.52. The van der Waals surface area contributed by atoms with Crippen LogP contribution in [0.3, 0.4) is 0 Å². The zero-order valence-corrected chi connectivity index (χ0v) is 6.87. The molecule has 56 valence electrons. The van der Waals surface area contributed by atoms with Crippen LogP contribution in [0.25, 0.3) is 0 Å². The van der Waals surface area contributed by atoms with Crippen LogP contribution >= 0.6 is 15.9 Å². The summed E-state index contributed by atoms with van der Waals surface area (Å²) in [7, 11) is 0. The highest BCUT2D eigenvalue weighted by atomic mass is 79.9. The van der Waals surface area contributed by atoms with Crippen LogP contribution in [0.15, 0.2) is 24.1 Å². The van der Waals surface area contributed by atoms with Gasteiger partial charge in [0.25, 0.3) is 0 Å². The Morgan fingerprint density at radius 1 is 1.70 bits per heavy atom. The molecule has 0 fully saturated rings. The van der Waals surface area contributed by atoms with Gasteiger partial charge in [-0.3, -0.25) is 0 Å². The van der Waals surface area contributed by atoms with E-state index in [2.05, 4.69) is 15.9 Å². The number of hydrogen-bond acceptors (Lipinski definition) is 0. The Hall–Kier alpha value is -0.180. The zero-order chi connectivity index (χ0) is 7.61. The van der Waals surface area contributed by atoms with Crippen LogP contribution in [0.4, 0.5) is 8.78 Å². The normalized spacial score (nSPS) is 32.1. The van der Waals surface area contributed by atoms with Gasteiger partial charge in [0.15, 0.2) is 0 Å². The first-order chi connectivity index (χ1) is 4.66. The molecule has 0 heterocycles. The monoisotopic (exact) mass is 208 g/mol. The molecule has 10 heavy (non-hydrogen) atoms. The third-order valence-corrected chi connectivity index (χ3v) is 2.29. The van der Waals surface area contributed by atoms with Crippen LogP contribution < -0.4 is 0 Å². The number of rotatable bonds is 1. The summed E-state index contributed by atoms with van der Waals surface area (Å²) in [4.78, 5) is 0. The fraction of sp³-hybridized carbons (Fsp3) is 0.429. The Kier molecular flexibility index (Phi) is 2.24. The minimum absolute atomic E-state index is 0.144. The van der Waals surface area contributed by atoms with E-state index in [-0.39, 0.29) is 11.8 Å². The lowest BCUT2D eigenvalue weighted by Gasteiger charge is -2.19. The van der Waals surface area contributed by atoms with Gasteiger partial charge in [-0.05, 0) is 12.2 Å². The first-order valence-corrected chi connectivity index (χ1v) is 4.07. The van der Waals surface area contributed by atoms with E-state index in [1.807, 2.05) is 0 Å². The average molecular weight is 209 g/mol. The van der Waals surface area contributed by atoms with Gasteiger partial charge in [-0.25, -0.2) is 8.78 Å². The van der Waals surface area contributed by atoms with Crippen LogP contribution in [-0.2, 0) is 0 Å². The smallest absolute Gasteiger partial charge is 0.145 e. The number of allylic oxidation sites excluding steroid dienone is 4. The second-order valence-corrected chi connectivity index (χ2v) is 2.88. The van der Waals surface area contributed by atoms with E-state index in [1.165, 1.54) is 18.2 Å². The maximum atomic E-state index is 13.1. The Morgan fingerprint density at radius 2 is 2.40 bits per heavy atom. The van der Waals surface area contributed by atoms with Gasteiger partial charge in [0, 0.05) is 11.8 Å². The van der Waals surface area contributed by atoms with Gasteiger partial charge in [-0.1, -0.05) is 22.0 Å². The second kappa shape index (κ2) is 2.82. The van der Waals surface area contributed by atoms with Crippen molar-refractivity contribution in [2.24, 2.45) is 0 Å². The Balaban J connectivity index is 2.71. The molecule has 0 aromatic heterocycles. The highest BCUT2D eigenvalue weighted by Crippen LogP contribution is 2.29. The van der Waals surface area contributed by atoms with E-state index in [0.29, 0.717) is 0 Å². The second-order valence-electron chi connectivity index (χ2n) is 2.32. The summed E-state index contributed by atoms with van der Waals surface area (Å²) in [5, 5.41) is 0.151. The van der Waals surface area contributed by atoms with Crippen molar-refractivity contribution in [3.63, 3.8) is 0 Å². The highest BCUT2D eigenvalue weighted by Gasteiger charge is 2.28. The molecule has 0 bridgehead atoms. The van der Waals surface area contributed by atoms with Crippen molar-refractivity contribution in [2.75, 3.05) is 5.33 Å². The van der Waals surface area contributed by atoms with E-state index in [9.17, 15) is 8.78 Å².